The van der Waals surface area contributed by atoms with Gasteiger partial charge in [-0.1, -0.05) is 104 Å². The highest BCUT2D eigenvalue weighted by atomic mass is 16.5. The Morgan fingerprint density at radius 3 is 1.98 bits per heavy atom. The number of hydrogen-bond donors (Lipinski definition) is 4. The molecule has 0 saturated carbocycles. The molecular weight excluding hydrogens is 616 g/mol. The summed E-state index contributed by atoms with van der Waals surface area (Å²) in [5.41, 5.74) is 10.1. The van der Waals surface area contributed by atoms with Gasteiger partial charge in [0.1, 0.15) is 18.7 Å². The largest absolute Gasteiger partial charge is 0.480 e. The summed E-state index contributed by atoms with van der Waals surface area (Å²) in [4.78, 5) is 52.6. The number of amides is 3. The predicted molar refractivity (Wildman–Crippen MR) is 182 cm³/mol. The Balaban J connectivity index is 1.75. The summed E-state index contributed by atoms with van der Waals surface area (Å²) in [6, 6.07) is 16.5. The van der Waals surface area contributed by atoms with Crippen molar-refractivity contribution in [3.8, 4) is 0 Å². The zero-order valence-electron chi connectivity index (χ0n) is 27.7. The lowest BCUT2D eigenvalue weighted by Gasteiger charge is -2.22. The summed E-state index contributed by atoms with van der Waals surface area (Å²) in [7, 11) is 0. The van der Waals surface area contributed by atoms with Crippen LogP contribution < -0.4 is 16.0 Å². The molecule has 2 rings (SSSR count). The fourth-order valence-corrected chi connectivity index (χ4v) is 4.86. The highest BCUT2D eigenvalue weighted by Crippen LogP contribution is 2.11. The van der Waals surface area contributed by atoms with Crippen molar-refractivity contribution in [2.45, 2.75) is 102 Å². The van der Waals surface area contributed by atoms with Gasteiger partial charge in [-0.15, -0.1) is 0 Å². The van der Waals surface area contributed by atoms with Crippen LogP contribution in [0.1, 0.15) is 88.2 Å². The van der Waals surface area contributed by atoms with Gasteiger partial charge in [-0.3, -0.25) is 9.59 Å². The molecule has 0 spiro atoms. The number of benzene rings is 2. The third-order valence-electron chi connectivity index (χ3n) is 7.54. The third kappa shape index (κ3) is 19.1. The number of alkyl carbamates (subject to hydrolysis) is 1. The third-order valence-corrected chi connectivity index (χ3v) is 7.54. The minimum atomic E-state index is -1.19. The molecule has 3 amide bonds. The normalized spacial score (nSPS) is 11.8. The molecule has 13 heteroatoms. The molecule has 0 aromatic heterocycles. The van der Waals surface area contributed by atoms with Crippen LogP contribution in [-0.2, 0) is 37.1 Å². The van der Waals surface area contributed by atoms with E-state index in [0.717, 1.165) is 56.1 Å². The Hall–Kier alpha value is -4.61. The lowest BCUT2D eigenvalue weighted by atomic mass is 10.1. The van der Waals surface area contributed by atoms with Crippen LogP contribution in [0.5, 0.6) is 0 Å². The number of carboxylic acid groups (broad SMARTS) is 1. The zero-order valence-corrected chi connectivity index (χ0v) is 27.7. The van der Waals surface area contributed by atoms with E-state index in [2.05, 4.69) is 26.0 Å². The van der Waals surface area contributed by atoms with Gasteiger partial charge in [0.2, 0.25) is 11.8 Å². The van der Waals surface area contributed by atoms with Gasteiger partial charge in [0.15, 0.2) is 0 Å². The molecule has 48 heavy (non-hydrogen) atoms. The molecule has 0 bridgehead atoms. The number of ether oxygens (including phenoxy) is 2. The maximum atomic E-state index is 13.2. The molecule has 262 valence electrons. The molecule has 2 atom stereocenters. The second-order valence-corrected chi connectivity index (χ2v) is 11.5. The van der Waals surface area contributed by atoms with E-state index in [0.29, 0.717) is 32.4 Å². The van der Waals surface area contributed by atoms with Crippen LogP contribution in [0.2, 0.25) is 0 Å². The molecule has 0 fully saturated rings. The van der Waals surface area contributed by atoms with Gasteiger partial charge in [-0.05, 0) is 48.8 Å². The number of carbonyl (C=O) groups is 4. The Labute approximate surface area is 282 Å². The highest BCUT2D eigenvalue weighted by molar-refractivity contribution is 5.90. The molecule has 0 heterocycles. The molecule has 2 aromatic carbocycles. The van der Waals surface area contributed by atoms with E-state index in [1.54, 1.807) is 0 Å². The second kappa shape index (κ2) is 25.5. The highest BCUT2D eigenvalue weighted by Gasteiger charge is 2.26. The van der Waals surface area contributed by atoms with E-state index >= 15 is 0 Å². The Morgan fingerprint density at radius 2 is 1.35 bits per heavy atom. The average molecular weight is 667 g/mol. The number of nitrogens with one attached hydrogen (secondary N) is 3. The van der Waals surface area contributed by atoms with Crippen molar-refractivity contribution in [3.63, 3.8) is 0 Å². The molecule has 0 saturated heterocycles. The monoisotopic (exact) mass is 666 g/mol. The van der Waals surface area contributed by atoms with E-state index in [1.165, 1.54) is 0 Å². The number of hydrogen-bond acceptors (Lipinski definition) is 7. The van der Waals surface area contributed by atoms with Gasteiger partial charge in [0.05, 0.1) is 13.2 Å². The quantitative estimate of drug-likeness (QED) is 0.0399. The van der Waals surface area contributed by atoms with E-state index < -0.39 is 30.1 Å². The molecule has 0 aliphatic rings. The number of aliphatic carboxylic acids is 1. The summed E-state index contributed by atoms with van der Waals surface area (Å²) in [6.45, 7) is 1.09. The van der Waals surface area contributed by atoms with Crippen LogP contribution in [0.4, 0.5) is 4.79 Å². The topological polar surface area (TPSA) is 192 Å². The van der Waals surface area contributed by atoms with Crippen LogP contribution in [0.25, 0.3) is 10.4 Å². The van der Waals surface area contributed by atoms with Gasteiger partial charge in [0.25, 0.3) is 0 Å². The van der Waals surface area contributed by atoms with Crippen LogP contribution in [0.3, 0.4) is 0 Å². The van der Waals surface area contributed by atoms with Crippen LogP contribution in [0.15, 0.2) is 65.8 Å². The summed E-state index contributed by atoms with van der Waals surface area (Å²) in [5.74, 6) is -2.12. The minimum Gasteiger partial charge on any atom is -0.480 e. The van der Waals surface area contributed by atoms with Crippen molar-refractivity contribution in [3.05, 3.63) is 82.2 Å². The first-order valence-corrected chi connectivity index (χ1v) is 16.8. The average Bonchev–Trinajstić information content (AvgIpc) is 3.09. The molecule has 4 N–H and O–H groups in total. The molecule has 13 nitrogen and oxygen atoms in total. The van der Waals surface area contributed by atoms with Gasteiger partial charge in [-0.2, -0.15) is 0 Å². The maximum absolute atomic E-state index is 13.2. The van der Waals surface area contributed by atoms with Crippen LogP contribution in [0, 0.1) is 0 Å². The molecule has 0 unspecified atom stereocenters. The maximum Gasteiger partial charge on any atom is 0.407 e. The van der Waals surface area contributed by atoms with Gasteiger partial charge >= 0.3 is 12.1 Å². The number of nitrogens with zero attached hydrogens (tertiary/aromatic N) is 3. The number of rotatable bonds is 26. The fraction of sp³-hybridized carbons (Fsp3) is 0.543. The summed E-state index contributed by atoms with van der Waals surface area (Å²) < 4.78 is 10.9. The summed E-state index contributed by atoms with van der Waals surface area (Å²) in [6.07, 6.45) is 8.45. The lowest BCUT2D eigenvalue weighted by Crippen LogP contribution is -2.53. The number of azide groups is 1. The van der Waals surface area contributed by atoms with Crippen molar-refractivity contribution < 1.29 is 33.8 Å². The number of carbonyl (C=O) groups excluding carboxylic acids is 3. The first-order chi connectivity index (χ1) is 23.4. The molecule has 0 aliphatic heterocycles. The molecule has 2 aromatic rings. The second-order valence-electron chi connectivity index (χ2n) is 11.5. The van der Waals surface area contributed by atoms with E-state index in [4.69, 9.17) is 15.0 Å². The van der Waals surface area contributed by atoms with Crippen molar-refractivity contribution in [2.24, 2.45) is 5.11 Å². The standard InChI is InChI=1S/C35H50N6O7/c36-41-38-24-15-6-4-2-1-3-5-13-22-32(42)39-31(27-47-25-28-17-9-7-10-18-28)33(43)40-30(34(44)45)21-14-16-23-37-35(46)48-26-29-19-11-8-12-20-29/h7-12,17-20,30-31H,1-6,13-16,21-27H2,(H,37,46)(H,39,42)(H,40,43)(H,44,45)/t30-,31-/m0/s1. The Kier molecular flexibility index (Phi) is 21.0. The lowest BCUT2D eigenvalue weighted by molar-refractivity contribution is -0.142. The fourth-order valence-electron chi connectivity index (χ4n) is 4.86. The zero-order chi connectivity index (χ0) is 34.7. The van der Waals surface area contributed by atoms with Gasteiger partial charge < -0.3 is 30.5 Å². The SMILES string of the molecule is [N-]=[N+]=NCCCCCCCCCCC(=O)N[C@@H](COCc1ccccc1)C(=O)N[C@@H](CCCCNC(=O)OCc1ccccc1)C(=O)O. The molecular formula is C35H50N6O7. The van der Waals surface area contributed by atoms with Crippen molar-refractivity contribution in [2.75, 3.05) is 19.7 Å². The Morgan fingerprint density at radius 1 is 0.750 bits per heavy atom. The van der Waals surface area contributed by atoms with Crippen molar-refractivity contribution in [1.29, 1.82) is 0 Å². The van der Waals surface area contributed by atoms with Gasteiger partial charge in [0, 0.05) is 24.4 Å². The molecule has 0 aliphatic carbocycles. The van der Waals surface area contributed by atoms with Crippen molar-refractivity contribution in [1.82, 2.24) is 16.0 Å². The summed E-state index contributed by atoms with van der Waals surface area (Å²) >= 11 is 0. The van der Waals surface area contributed by atoms with E-state index in [9.17, 15) is 24.3 Å². The van der Waals surface area contributed by atoms with Gasteiger partial charge in [-0.25, -0.2) is 9.59 Å². The first kappa shape index (κ1) is 39.6. The first-order valence-electron chi connectivity index (χ1n) is 16.8. The van der Waals surface area contributed by atoms with Crippen LogP contribution >= 0.6 is 0 Å². The van der Waals surface area contributed by atoms with E-state index in [1.807, 2.05) is 60.7 Å². The predicted octanol–water partition coefficient (Wildman–Crippen LogP) is 6.18. The summed E-state index contributed by atoms with van der Waals surface area (Å²) in [5, 5.41) is 21.2. The van der Waals surface area contributed by atoms with E-state index in [-0.39, 0.29) is 38.6 Å². The van der Waals surface area contributed by atoms with Crippen LogP contribution in [-0.4, -0.2) is 60.8 Å². The van der Waals surface area contributed by atoms with Crippen molar-refractivity contribution >= 4 is 23.9 Å². The Bertz CT molecular complexity index is 1260. The smallest absolute Gasteiger partial charge is 0.407 e. The molecule has 0 radical (unpaired) electrons. The minimum absolute atomic E-state index is 0.118. The number of unbranched alkanes of at least 4 members (excludes halogenated alkanes) is 8. The number of carboxylic acids is 1.